The van der Waals surface area contributed by atoms with Gasteiger partial charge >= 0.3 is 0 Å². The molecule has 0 N–H and O–H groups in total. The van der Waals surface area contributed by atoms with Crippen molar-refractivity contribution in [3.8, 4) is 56.5 Å². The van der Waals surface area contributed by atoms with Crippen LogP contribution in [0.15, 0.2) is 231 Å². The molecule has 13 rings (SSSR count). The van der Waals surface area contributed by atoms with Gasteiger partial charge in [0, 0.05) is 49.4 Å². The molecule has 4 heteroatoms. The third kappa shape index (κ3) is 5.70. The predicted molar refractivity (Wildman–Crippen MR) is 270 cm³/mol. The summed E-state index contributed by atoms with van der Waals surface area (Å²) in [5.74, 6) is 0. The molecule has 0 aliphatic rings. The van der Waals surface area contributed by atoms with Crippen molar-refractivity contribution >= 4 is 65.4 Å². The molecule has 0 unspecified atom stereocenters. The minimum Gasteiger partial charge on any atom is -0.309 e. The molecule has 0 aliphatic heterocycles. The fourth-order valence-electron chi connectivity index (χ4n) is 10.4. The fourth-order valence-corrected chi connectivity index (χ4v) is 10.4. The molecule has 0 fully saturated rings. The van der Waals surface area contributed by atoms with Gasteiger partial charge in [-0.2, -0.15) is 5.26 Å². The molecule has 10 aromatic carbocycles. The maximum absolute atomic E-state index is 9.52. The van der Waals surface area contributed by atoms with E-state index in [1.54, 1.807) is 0 Å². The van der Waals surface area contributed by atoms with Crippen LogP contribution in [0.2, 0.25) is 0 Å². The van der Waals surface area contributed by atoms with Gasteiger partial charge in [-0.1, -0.05) is 146 Å². The molecule has 0 amide bonds. The number of nitrogens with zero attached hydrogens (tertiary/aromatic N) is 4. The summed E-state index contributed by atoms with van der Waals surface area (Å²) in [4.78, 5) is 0. The second kappa shape index (κ2) is 14.6. The van der Waals surface area contributed by atoms with Gasteiger partial charge in [-0.3, -0.25) is 0 Å². The number of para-hydroxylation sites is 4. The lowest BCUT2D eigenvalue weighted by atomic mass is 9.87. The van der Waals surface area contributed by atoms with Crippen LogP contribution < -0.4 is 0 Å². The monoisotopic (exact) mass is 826 g/mol. The van der Waals surface area contributed by atoms with Crippen LogP contribution in [0, 0.1) is 11.3 Å². The molecule has 3 heterocycles. The first-order chi connectivity index (χ1) is 32.2. The minimum atomic E-state index is 0.651. The zero-order valence-corrected chi connectivity index (χ0v) is 35.2. The Kier molecular flexibility index (Phi) is 8.24. The van der Waals surface area contributed by atoms with Crippen LogP contribution >= 0.6 is 0 Å². The van der Waals surface area contributed by atoms with Crippen LogP contribution in [0.5, 0.6) is 0 Å². The highest BCUT2D eigenvalue weighted by Crippen LogP contribution is 2.43. The molecular formula is C61H38N4. The van der Waals surface area contributed by atoms with E-state index in [9.17, 15) is 5.26 Å². The summed E-state index contributed by atoms with van der Waals surface area (Å²) in [6.07, 6.45) is 0. The molecule has 0 atom stereocenters. The van der Waals surface area contributed by atoms with Gasteiger partial charge in [-0.25, -0.2) is 0 Å². The Bertz CT molecular complexity index is 3770. The van der Waals surface area contributed by atoms with Gasteiger partial charge in [-0.15, -0.1) is 0 Å². The van der Waals surface area contributed by atoms with Gasteiger partial charge in [0.1, 0.15) is 0 Å². The number of nitriles is 1. The Labute approximate surface area is 375 Å². The van der Waals surface area contributed by atoms with Gasteiger partial charge in [0.05, 0.1) is 44.7 Å². The van der Waals surface area contributed by atoms with E-state index in [2.05, 4.69) is 238 Å². The van der Waals surface area contributed by atoms with Crippen molar-refractivity contribution in [3.05, 3.63) is 236 Å². The first kappa shape index (κ1) is 36.7. The molecule has 0 saturated carbocycles. The number of benzene rings is 10. The highest BCUT2D eigenvalue weighted by molar-refractivity contribution is 6.14. The first-order valence-electron chi connectivity index (χ1n) is 22.1. The SMILES string of the molecule is N#Cc1ccc(-c2cccc(-c3ccc(-n4c5ccc(-n6c7ccccc7c7ccccc76)cc5c5cc(-n6c7ccccc7c7ccccc76)ccc54)cc3)c2-c2ccccc2)cc1. The standard InChI is InChI=1S/C61H38N4/c62-39-40-25-27-41(28-26-40)47-19-12-20-48(61(47)43-13-2-1-3-14-43)42-29-31-44(32-30-42)63-59-35-33-45(64-55-21-8-4-15-49(55)50-16-5-9-22-56(50)64)37-53(59)54-38-46(34-36-60(54)63)65-57-23-10-6-17-51(57)52-18-7-11-24-58(52)65/h1-38H. The molecule has 302 valence electrons. The Morgan fingerprint density at radius 2 is 0.646 bits per heavy atom. The Hall–Kier alpha value is -8.91. The average Bonchev–Trinajstić information content (AvgIpc) is 4.02. The predicted octanol–water partition coefficient (Wildman–Crippen LogP) is 15.9. The molecule has 0 bridgehead atoms. The quantitative estimate of drug-likeness (QED) is 0.165. The topological polar surface area (TPSA) is 38.6 Å². The number of hydrogen-bond acceptors (Lipinski definition) is 1. The maximum Gasteiger partial charge on any atom is 0.0991 e. The summed E-state index contributed by atoms with van der Waals surface area (Å²) < 4.78 is 7.25. The molecule has 0 aliphatic carbocycles. The van der Waals surface area contributed by atoms with Crippen molar-refractivity contribution in [2.45, 2.75) is 0 Å². The van der Waals surface area contributed by atoms with Crippen LogP contribution in [0.4, 0.5) is 0 Å². The molecule has 65 heavy (non-hydrogen) atoms. The van der Waals surface area contributed by atoms with Gasteiger partial charge in [0.2, 0.25) is 0 Å². The van der Waals surface area contributed by atoms with Crippen LogP contribution in [-0.2, 0) is 0 Å². The number of fused-ring (bicyclic) bond motifs is 9. The molecule has 0 radical (unpaired) electrons. The Morgan fingerprint density at radius 1 is 0.277 bits per heavy atom. The molecular weight excluding hydrogens is 789 g/mol. The van der Waals surface area contributed by atoms with Crippen LogP contribution in [0.1, 0.15) is 5.56 Å². The Morgan fingerprint density at radius 3 is 1.09 bits per heavy atom. The third-order valence-electron chi connectivity index (χ3n) is 13.3. The minimum absolute atomic E-state index is 0.651. The van der Waals surface area contributed by atoms with E-state index < -0.39 is 0 Å². The van der Waals surface area contributed by atoms with Gasteiger partial charge in [-0.05, 0) is 118 Å². The fraction of sp³-hybridized carbons (Fsp3) is 0. The number of rotatable bonds is 6. The van der Waals surface area contributed by atoms with E-state index in [0.29, 0.717) is 5.56 Å². The van der Waals surface area contributed by atoms with Gasteiger partial charge in [0.15, 0.2) is 0 Å². The van der Waals surface area contributed by atoms with Crippen molar-refractivity contribution in [1.82, 2.24) is 13.7 Å². The van der Waals surface area contributed by atoms with E-state index in [0.717, 1.165) is 61.5 Å². The molecule has 4 nitrogen and oxygen atoms in total. The zero-order chi connectivity index (χ0) is 43.0. The van der Waals surface area contributed by atoms with Crippen molar-refractivity contribution in [2.24, 2.45) is 0 Å². The van der Waals surface area contributed by atoms with Gasteiger partial charge in [0.25, 0.3) is 0 Å². The van der Waals surface area contributed by atoms with E-state index in [-0.39, 0.29) is 0 Å². The first-order valence-corrected chi connectivity index (χ1v) is 22.1. The normalized spacial score (nSPS) is 11.7. The van der Waals surface area contributed by atoms with Gasteiger partial charge < -0.3 is 13.7 Å². The zero-order valence-electron chi connectivity index (χ0n) is 35.2. The van der Waals surface area contributed by atoms with Crippen molar-refractivity contribution in [3.63, 3.8) is 0 Å². The Balaban J connectivity index is 1.02. The molecule has 13 aromatic rings. The van der Waals surface area contributed by atoms with Crippen molar-refractivity contribution in [2.75, 3.05) is 0 Å². The number of aromatic nitrogens is 3. The summed E-state index contributed by atoms with van der Waals surface area (Å²) in [5, 5.41) is 16.9. The van der Waals surface area contributed by atoms with E-state index in [4.69, 9.17) is 0 Å². The van der Waals surface area contributed by atoms with E-state index in [1.165, 1.54) is 54.4 Å². The second-order valence-corrected chi connectivity index (χ2v) is 16.8. The number of hydrogen-bond donors (Lipinski definition) is 0. The summed E-state index contributed by atoms with van der Waals surface area (Å²) >= 11 is 0. The average molecular weight is 827 g/mol. The van der Waals surface area contributed by atoms with E-state index >= 15 is 0 Å². The van der Waals surface area contributed by atoms with Crippen molar-refractivity contribution < 1.29 is 0 Å². The summed E-state index contributed by atoms with van der Waals surface area (Å²) in [5.41, 5.74) is 17.8. The molecule has 0 spiro atoms. The van der Waals surface area contributed by atoms with Crippen LogP contribution in [-0.4, -0.2) is 13.7 Å². The summed E-state index contributed by atoms with van der Waals surface area (Å²) in [7, 11) is 0. The summed E-state index contributed by atoms with van der Waals surface area (Å²) in [6.45, 7) is 0. The lowest BCUT2D eigenvalue weighted by Gasteiger charge is -2.17. The molecule has 3 aromatic heterocycles. The largest absolute Gasteiger partial charge is 0.309 e. The lowest BCUT2D eigenvalue weighted by Crippen LogP contribution is -1.97. The maximum atomic E-state index is 9.52. The summed E-state index contributed by atoms with van der Waals surface area (Å²) in [6, 6.07) is 85.2. The van der Waals surface area contributed by atoms with Crippen LogP contribution in [0.3, 0.4) is 0 Å². The smallest absolute Gasteiger partial charge is 0.0991 e. The third-order valence-corrected chi connectivity index (χ3v) is 13.3. The highest BCUT2D eigenvalue weighted by atomic mass is 15.0. The highest BCUT2D eigenvalue weighted by Gasteiger charge is 2.20. The van der Waals surface area contributed by atoms with Crippen LogP contribution in [0.25, 0.3) is 116 Å². The van der Waals surface area contributed by atoms with E-state index in [1.807, 2.05) is 12.1 Å². The second-order valence-electron chi connectivity index (χ2n) is 16.8. The lowest BCUT2D eigenvalue weighted by molar-refractivity contribution is 1.16. The van der Waals surface area contributed by atoms with Crippen molar-refractivity contribution in [1.29, 1.82) is 5.26 Å². The molecule has 0 saturated heterocycles.